The molecule has 0 N–H and O–H groups in total. The molecule has 2 aliphatic rings. The van der Waals surface area contributed by atoms with Crippen molar-refractivity contribution in [2.24, 2.45) is 23.7 Å². The molecule has 0 fully saturated rings. The molecule has 0 bridgehead atoms. The average molecular weight is 809 g/mol. The molecular weight excluding hydrogens is 762 g/mol. The second-order valence-electron chi connectivity index (χ2n) is 16.6. The van der Waals surface area contributed by atoms with Gasteiger partial charge in [0.1, 0.15) is 0 Å². The van der Waals surface area contributed by atoms with Crippen LogP contribution in [0.2, 0.25) is 20.1 Å². The molecule has 2 unspecified atom stereocenters. The van der Waals surface area contributed by atoms with Gasteiger partial charge in [0.05, 0.1) is 22.3 Å². The summed E-state index contributed by atoms with van der Waals surface area (Å²) < 4.78 is 0. The third-order valence-corrected chi connectivity index (χ3v) is 12.9. The monoisotopic (exact) mass is 806 g/mol. The van der Waals surface area contributed by atoms with Crippen LogP contribution < -0.4 is 0 Å². The Labute approximate surface area is 336 Å². The molecule has 2 heterocycles. The predicted molar refractivity (Wildman–Crippen MR) is 223 cm³/mol. The Hall–Kier alpha value is -3.16. The number of carbonyl (C=O) groups is 4. The first-order valence-corrected chi connectivity index (χ1v) is 20.8. The van der Waals surface area contributed by atoms with E-state index in [2.05, 4.69) is 41.5 Å². The molecule has 0 spiro atoms. The first kappa shape index (κ1) is 39.1. The summed E-state index contributed by atoms with van der Waals surface area (Å²) in [5.74, 6) is 0.275. The number of nitrogens with zero attached hydrogens (tertiary/aromatic N) is 2. The van der Waals surface area contributed by atoms with Crippen LogP contribution in [0.25, 0.3) is 43.1 Å². The van der Waals surface area contributed by atoms with Gasteiger partial charge in [-0.25, -0.2) is 0 Å². The highest BCUT2D eigenvalue weighted by Crippen LogP contribution is 2.53. The molecule has 10 heteroatoms. The number of benzene rings is 5. The molecule has 2 atom stereocenters. The molecule has 7 rings (SSSR count). The van der Waals surface area contributed by atoms with Gasteiger partial charge in [-0.05, 0) is 60.8 Å². The van der Waals surface area contributed by atoms with Crippen molar-refractivity contribution in [2.75, 3.05) is 13.1 Å². The Morgan fingerprint density at radius 2 is 0.685 bits per heavy atom. The van der Waals surface area contributed by atoms with E-state index in [0.29, 0.717) is 102 Å². The smallest absolute Gasteiger partial charge is 0.261 e. The van der Waals surface area contributed by atoms with Crippen molar-refractivity contribution < 1.29 is 19.2 Å². The molecule has 4 amide bonds. The molecule has 0 saturated carbocycles. The fourth-order valence-electron chi connectivity index (χ4n) is 8.70. The summed E-state index contributed by atoms with van der Waals surface area (Å²) in [6.07, 6.45) is 7.88. The fourth-order valence-corrected chi connectivity index (χ4v) is 9.89. The standard InChI is InChI=1S/C44H46Cl4N2O4/c1-21(2)9-7-11-23(5)13-15-49-41(51)25-17-29(45)35-37-31(47)19-27-34-28(44(54)50(43(27)53)16-14-24(6)12-8-10-22(3)4)20-32(48)38(40(34)37)36-30(46)18-26(42(49)52)33(25)39(35)36/h17-24H,7-16H2,1-6H3. The second kappa shape index (κ2) is 15.1. The van der Waals surface area contributed by atoms with Crippen molar-refractivity contribution in [1.29, 1.82) is 0 Å². The van der Waals surface area contributed by atoms with E-state index in [1.54, 1.807) is 24.3 Å². The SMILES string of the molecule is CC(C)CCCC(C)CCN1C(=O)c2cc(Cl)c3c4c(Cl)cc5c6c(cc(Cl)c(c7c(Cl)cc(c2c37)C1=O)c64)C(=O)N(CCC(C)CCCC(C)C)C5=O. The summed E-state index contributed by atoms with van der Waals surface area (Å²) in [7, 11) is 0. The average Bonchev–Trinajstić information content (AvgIpc) is 3.10. The second-order valence-corrected chi connectivity index (χ2v) is 18.2. The highest BCUT2D eigenvalue weighted by molar-refractivity contribution is 6.56. The zero-order valence-electron chi connectivity index (χ0n) is 31.7. The molecule has 6 nitrogen and oxygen atoms in total. The van der Waals surface area contributed by atoms with E-state index in [4.69, 9.17) is 46.4 Å². The van der Waals surface area contributed by atoms with Crippen LogP contribution in [-0.2, 0) is 0 Å². The van der Waals surface area contributed by atoms with Gasteiger partial charge in [0.25, 0.3) is 23.6 Å². The van der Waals surface area contributed by atoms with Gasteiger partial charge in [0, 0.05) is 76.3 Å². The summed E-state index contributed by atoms with van der Waals surface area (Å²) in [6, 6.07) is 6.42. The number of imide groups is 2. The Bertz CT molecular complexity index is 2090. The first-order chi connectivity index (χ1) is 25.6. The van der Waals surface area contributed by atoms with Crippen molar-refractivity contribution in [2.45, 2.75) is 92.9 Å². The lowest BCUT2D eigenvalue weighted by atomic mass is 9.82. The van der Waals surface area contributed by atoms with Crippen LogP contribution >= 0.6 is 46.4 Å². The summed E-state index contributed by atoms with van der Waals surface area (Å²) >= 11 is 28.6. The minimum atomic E-state index is -0.414. The Morgan fingerprint density at radius 3 is 0.944 bits per heavy atom. The molecule has 0 aromatic heterocycles. The van der Waals surface area contributed by atoms with E-state index in [9.17, 15) is 19.2 Å². The Balaban J connectivity index is 1.34. The zero-order chi connectivity index (χ0) is 38.9. The Morgan fingerprint density at radius 1 is 0.407 bits per heavy atom. The van der Waals surface area contributed by atoms with Gasteiger partial charge in [0.15, 0.2) is 0 Å². The lowest BCUT2D eigenvalue weighted by Crippen LogP contribution is -2.41. The van der Waals surface area contributed by atoms with Gasteiger partial charge < -0.3 is 0 Å². The van der Waals surface area contributed by atoms with Crippen molar-refractivity contribution in [3.8, 4) is 0 Å². The van der Waals surface area contributed by atoms with Gasteiger partial charge in [-0.1, -0.05) is 126 Å². The van der Waals surface area contributed by atoms with Crippen LogP contribution in [0, 0.1) is 23.7 Å². The van der Waals surface area contributed by atoms with E-state index in [-0.39, 0.29) is 33.2 Å². The highest BCUT2D eigenvalue weighted by Gasteiger charge is 2.39. The largest absolute Gasteiger partial charge is 0.274 e. The number of rotatable bonds is 14. The van der Waals surface area contributed by atoms with Gasteiger partial charge in [-0.2, -0.15) is 0 Å². The van der Waals surface area contributed by atoms with Crippen molar-refractivity contribution in [3.05, 3.63) is 66.6 Å². The summed E-state index contributed by atoms with van der Waals surface area (Å²) in [4.78, 5) is 59.3. The maximum atomic E-state index is 14.2. The van der Waals surface area contributed by atoms with Crippen LogP contribution in [0.1, 0.15) is 134 Å². The van der Waals surface area contributed by atoms with Gasteiger partial charge in [-0.15, -0.1) is 0 Å². The minimum absolute atomic E-state index is 0.239. The van der Waals surface area contributed by atoms with Crippen LogP contribution in [0.5, 0.6) is 0 Å². The molecule has 54 heavy (non-hydrogen) atoms. The van der Waals surface area contributed by atoms with E-state index in [0.717, 1.165) is 38.5 Å². The maximum absolute atomic E-state index is 14.2. The van der Waals surface area contributed by atoms with Crippen LogP contribution in [0.15, 0.2) is 24.3 Å². The topological polar surface area (TPSA) is 74.8 Å². The number of halogens is 4. The molecule has 0 saturated heterocycles. The molecule has 0 radical (unpaired) electrons. The lowest BCUT2D eigenvalue weighted by Gasteiger charge is -2.32. The van der Waals surface area contributed by atoms with E-state index < -0.39 is 23.6 Å². The number of carbonyl (C=O) groups excluding carboxylic acids is 4. The molecule has 284 valence electrons. The summed E-state index contributed by atoms with van der Waals surface area (Å²) in [5, 5.41) is 4.78. The molecular formula is C44H46Cl4N2O4. The molecule has 2 aliphatic heterocycles. The Kier molecular flexibility index (Phi) is 10.9. The molecule has 5 aromatic carbocycles. The first-order valence-electron chi connectivity index (χ1n) is 19.3. The zero-order valence-corrected chi connectivity index (χ0v) is 34.8. The number of hydrogen-bond acceptors (Lipinski definition) is 4. The van der Waals surface area contributed by atoms with Crippen LogP contribution in [0.4, 0.5) is 0 Å². The maximum Gasteiger partial charge on any atom is 0.261 e. The van der Waals surface area contributed by atoms with Gasteiger partial charge >= 0.3 is 0 Å². The fraction of sp³-hybridized carbons (Fsp3) is 0.455. The van der Waals surface area contributed by atoms with E-state index in [1.165, 1.54) is 9.80 Å². The number of fused-ring (bicyclic) bond motifs is 2. The van der Waals surface area contributed by atoms with Gasteiger partial charge in [-0.3, -0.25) is 29.0 Å². The normalized spacial score (nSPS) is 15.9. The third kappa shape index (κ3) is 6.53. The highest BCUT2D eigenvalue weighted by atomic mass is 35.5. The van der Waals surface area contributed by atoms with Crippen LogP contribution in [0.3, 0.4) is 0 Å². The predicted octanol–water partition coefficient (Wildman–Crippen LogP) is 13.2. The van der Waals surface area contributed by atoms with Crippen molar-refractivity contribution in [3.63, 3.8) is 0 Å². The minimum Gasteiger partial charge on any atom is -0.274 e. The summed E-state index contributed by atoms with van der Waals surface area (Å²) in [5.41, 5.74) is 1.22. The third-order valence-electron chi connectivity index (χ3n) is 11.7. The summed E-state index contributed by atoms with van der Waals surface area (Å²) in [6.45, 7) is 13.7. The van der Waals surface area contributed by atoms with Crippen molar-refractivity contribution in [1.82, 2.24) is 9.80 Å². The van der Waals surface area contributed by atoms with E-state index >= 15 is 0 Å². The molecule has 0 aliphatic carbocycles. The van der Waals surface area contributed by atoms with Gasteiger partial charge in [0.2, 0.25) is 0 Å². The quantitative estimate of drug-likeness (QED) is 0.0636. The lowest BCUT2D eigenvalue weighted by molar-refractivity contribution is 0.0586. The number of amides is 4. The van der Waals surface area contributed by atoms with Crippen LogP contribution in [-0.4, -0.2) is 46.5 Å². The van der Waals surface area contributed by atoms with Crippen molar-refractivity contribution >= 4 is 113 Å². The number of hydrogen-bond donors (Lipinski definition) is 0. The van der Waals surface area contributed by atoms with E-state index in [1.807, 2.05) is 0 Å². The molecule has 5 aromatic rings.